The first kappa shape index (κ1) is 31.9. The van der Waals surface area contributed by atoms with Crippen molar-refractivity contribution >= 4 is 43.6 Å². The van der Waals surface area contributed by atoms with Gasteiger partial charge in [0.05, 0.1) is 22.1 Å². The van der Waals surface area contributed by atoms with Crippen molar-refractivity contribution in [1.29, 1.82) is 0 Å². The summed E-state index contributed by atoms with van der Waals surface area (Å²) in [6.45, 7) is 0. The highest BCUT2D eigenvalue weighted by atomic mass is 15.0. The van der Waals surface area contributed by atoms with Crippen LogP contribution in [0.1, 0.15) is 0 Å². The van der Waals surface area contributed by atoms with E-state index in [0.29, 0.717) is 17.5 Å². The van der Waals surface area contributed by atoms with Crippen LogP contribution in [-0.2, 0) is 0 Å². The molecule has 8 aromatic carbocycles. The molecule has 0 bridgehead atoms. The van der Waals surface area contributed by atoms with Gasteiger partial charge in [0.1, 0.15) is 0 Å². The Kier molecular flexibility index (Phi) is 7.42. The number of fused-ring (bicyclic) bond motifs is 6. The summed E-state index contributed by atoms with van der Waals surface area (Å²) in [7, 11) is 0. The van der Waals surface area contributed by atoms with Gasteiger partial charge in [0.25, 0.3) is 0 Å². The van der Waals surface area contributed by atoms with Gasteiger partial charge in [-0.25, -0.2) is 15.0 Å². The zero-order valence-corrected chi connectivity index (χ0v) is 30.3. The molecule has 3 aromatic heterocycles. The van der Waals surface area contributed by atoms with Crippen LogP contribution in [-0.4, -0.2) is 24.1 Å². The normalized spacial score (nSPS) is 11.6. The zero-order valence-electron chi connectivity index (χ0n) is 30.3. The molecule has 11 aromatic rings. The predicted molar refractivity (Wildman–Crippen MR) is 230 cm³/mol. The van der Waals surface area contributed by atoms with E-state index >= 15 is 0 Å². The second kappa shape index (κ2) is 13.0. The lowest BCUT2D eigenvalue weighted by Gasteiger charge is -2.16. The summed E-state index contributed by atoms with van der Waals surface area (Å²) in [5, 5.41) is 4.87. The summed E-state index contributed by atoms with van der Waals surface area (Å²) in [5.41, 5.74) is 11.7. The highest BCUT2D eigenvalue weighted by Gasteiger charge is 2.20. The topological polar surface area (TPSA) is 48.5 Å². The number of rotatable bonds is 6. The van der Waals surface area contributed by atoms with Crippen LogP contribution in [0.3, 0.4) is 0 Å². The highest BCUT2D eigenvalue weighted by molar-refractivity contribution is 6.12. The number of benzene rings is 8. The largest absolute Gasteiger partial charge is 0.309 e. The maximum absolute atomic E-state index is 5.20. The molecule has 0 aliphatic rings. The van der Waals surface area contributed by atoms with Gasteiger partial charge >= 0.3 is 0 Å². The minimum absolute atomic E-state index is 0.616. The molecule has 0 N–H and O–H groups in total. The minimum Gasteiger partial charge on any atom is -0.309 e. The van der Waals surface area contributed by atoms with Crippen LogP contribution in [0.4, 0.5) is 0 Å². The van der Waals surface area contributed by atoms with Gasteiger partial charge < -0.3 is 9.13 Å². The van der Waals surface area contributed by atoms with Crippen molar-refractivity contribution in [2.75, 3.05) is 0 Å². The van der Waals surface area contributed by atoms with Crippen LogP contribution in [0.2, 0.25) is 0 Å². The Labute approximate surface area is 323 Å². The molecule has 0 unspecified atom stereocenters. The third kappa shape index (κ3) is 5.21. The quantitative estimate of drug-likeness (QED) is 0.172. The van der Waals surface area contributed by atoms with Crippen LogP contribution >= 0.6 is 0 Å². The minimum atomic E-state index is 0.616. The first-order chi connectivity index (χ1) is 27.8. The highest BCUT2D eigenvalue weighted by Crippen LogP contribution is 2.39. The first-order valence-electron chi connectivity index (χ1n) is 18.9. The van der Waals surface area contributed by atoms with E-state index in [1.165, 1.54) is 32.6 Å². The molecule has 0 radical (unpaired) electrons. The summed E-state index contributed by atoms with van der Waals surface area (Å²) in [6, 6.07) is 70.4. The second-order valence-electron chi connectivity index (χ2n) is 14.1. The van der Waals surface area contributed by atoms with E-state index in [4.69, 9.17) is 15.0 Å². The molecular formula is C51H33N5. The molecule has 0 atom stereocenters. The van der Waals surface area contributed by atoms with Gasteiger partial charge in [-0.05, 0) is 53.6 Å². The van der Waals surface area contributed by atoms with E-state index in [9.17, 15) is 0 Å². The molecule has 0 aliphatic heterocycles. The Balaban J connectivity index is 1.18. The fourth-order valence-corrected chi connectivity index (χ4v) is 8.23. The molecule has 0 amide bonds. The molecule has 3 heterocycles. The molecule has 11 rings (SSSR count). The Morgan fingerprint density at radius 1 is 0.268 bits per heavy atom. The smallest absolute Gasteiger partial charge is 0.164 e. The summed E-state index contributed by atoms with van der Waals surface area (Å²) >= 11 is 0. The zero-order chi connectivity index (χ0) is 37.0. The summed E-state index contributed by atoms with van der Waals surface area (Å²) in [5.74, 6) is 1.88. The number of nitrogens with zero attached hydrogens (tertiary/aromatic N) is 5. The van der Waals surface area contributed by atoms with Gasteiger partial charge in [0.2, 0.25) is 0 Å². The molecule has 0 fully saturated rings. The van der Waals surface area contributed by atoms with Crippen molar-refractivity contribution in [3.05, 3.63) is 200 Å². The van der Waals surface area contributed by atoms with Gasteiger partial charge in [0.15, 0.2) is 17.5 Å². The Bertz CT molecular complexity index is 3120. The van der Waals surface area contributed by atoms with E-state index in [1.54, 1.807) is 0 Å². The maximum Gasteiger partial charge on any atom is 0.164 e. The van der Waals surface area contributed by atoms with Crippen LogP contribution < -0.4 is 0 Å². The van der Waals surface area contributed by atoms with E-state index in [2.05, 4.69) is 167 Å². The van der Waals surface area contributed by atoms with E-state index in [-0.39, 0.29) is 0 Å². The van der Waals surface area contributed by atoms with Gasteiger partial charge in [-0.2, -0.15) is 0 Å². The summed E-state index contributed by atoms with van der Waals surface area (Å²) in [4.78, 5) is 15.4. The van der Waals surface area contributed by atoms with Crippen LogP contribution in [0.5, 0.6) is 0 Å². The maximum atomic E-state index is 5.20. The van der Waals surface area contributed by atoms with Gasteiger partial charge in [-0.1, -0.05) is 158 Å². The average Bonchev–Trinajstić information content (AvgIpc) is 3.79. The van der Waals surface area contributed by atoms with Crippen LogP contribution in [0.15, 0.2) is 200 Å². The molecule has 0 saturated heterocycles. The van der Waals surface area contributed by atoms with E-state index in [1.807, 2.05) is 42.5 Å². The SMILES string of the molecule is c1ccc(-c2nc(-c3ccccc3)nc(-c3cc(-n4c5ccccc5c5ccc(-n6c7ccccc7c7ccccc76)cc54)ccc3-c3ccccc3)n2)cc1. The first-order valence-corrected chi connectivity index (χ1v) is 18.9. The number of aromatic nitrogens is 5. The molecule has 56 heavy (non-hydrogen) atoms. The Morgan fingerprint density at radius 2 is 0.661 bits per heavy atom. The molecule has 262 valence electrons. The van der Waals surface area contributed by atoms with Gasteiger partial charge in [-0.15, -0.1) is 0 Å². The van der Waals surface area contributed by atoms with Crippen molar-refractivity contribution in [3.63, 3.8) is 0 Å². The molecule has 0 saturated carbocycles. The molecule has 0 spiro atoms. The van der Waals surface area contributed by atoms with Crippen LogP contribution in [0, 0.1) is 0 Å². The monoisotopic (exact) mass is 715 g/mol. The molecule has 5 heteroatoms. The van der Waals surface area contributed by atoms with Crippen molar-refractivity contribution in [2.45, 2.75) is 0 Å². The summed E-state index contributed by atoms with van der Waals surface area (Å²) in [6.07, 6.45) is 0. The van der Waals surface area contributed by atoms with Gasteiger partial charge in [-0.3, -0.25) is 0 Å². The Hall–Kier alpha value is -7.63. The predicted octanol–water partition coefficient (Wildman–Crippen LogP) is 12.7. The third-order valence-corrected chi connectivity index (χ3v) is 10.8. The standard InChI is InChI=1S/C51H33N5/c1-4-16-34(17-5-1)39-30-28-37(32-44(39)51-53-49(35-18-6-2-7-19-35)52-50(54-51)36-20-8-3-9-21-36)56-47-27-15-12-24-42(47)43-31-29-38(33-48(43)56)55-45-25-13-10-22-40(45)41-23-11-14-26-46(41)55/h1-33H. The second-order valence-corrected chi connectivity index (χ2v) is 14.1. The van der Waals surface area contributed by atoms with Crippen molar-refractivity contribution in [3.8, 4) is 56.7 Å². The number of hydrogen-bond acceptors (Lipinski definition) is 3. The average molecular weight is 716 g/mol. The van der Waals surface area contributed by atoms with Crippen molar-refractivity contribution in [2.24, 2.45) is 0 Å². The lowest BCUT2D eigenvalue weighted by atomic mass is 9.98. The number of hydrogen-bond donors (Lipinski definition) is 0. The van der Waals surface area contributed by atoms with E-state index < -0.39 is 0 Å². The molecular weight excluding hydrogens is 683 g/mol. The fourth-order valence-electron chi connectivity index (χ4n) is 8.23. The number of para-hydroxylation sites is 3. The van der Waals surface area contributed by atoms with Crippen molar-refractivity contribution < 1.29 is 0 Å². The van der Waals surface area contributed by atoms with E-state index in [0.717, 1.165) is 50.2 Å². The lowest BCUT2D eigenvalue weighted by molar-refractivity contribution is 1.07. The van der Waals surface area contributed by atoms with Gasteiger partial charge in [0, 0.05) is 49.6 Å². The Morgan fingerprint density at radius 3 is 1.20 bits per heavy atom. The fraction of sp³-hybridized carbons (Fsp3) is 0. The van der Waals surface area contributed by atoms with Crippen molar-refractivity contribution in [1.82, 2.24) is 24.1 Å². The van der Waals surface area contributed by atoms with Crippen LogP contribution in [0.25, 0.3) is 100 Å². The lowest BCUT2D eigenvalue weighted by Crippen LogP contribution is -2.02. The molecule has 5 nitrogen and oxygen atoms in total. The summed E-state index contributed by atoms with van der Waals surface area (Å²) < 4.78 is 4.77. The molecule has 0 aliphatic carbocycles. The third-order valence-electron chi connectivity index (χ3n) is 10.8.